The molecular formula is C21H34IN5O. The average molecular weight is 499 g/mol. The molecule has 0 saturated carbocycles. The van der Waals surface area contributed by atoms with Crippen LogP contribution in [0.1, 0.15) is 35.9 Å². The van der Waals surface area contributed by atoms with Crippen molar-refractivity contribution in [2.75, 3.05) is 26.8 Å². The van der Waals surface area contributed by atoms with E-state index in [9.17, 15) is 0 Å². The Morgan fingerprint density at radius 3 is 2.61 bits per heavy atom. The van der Waals surface area contributed by atoms with Crippen LogP contribution in [-0.2, 0) is 24.2 Å². The number of nitrogens with one attached hydrogen (secondary N) is 2. The lowest BCUT2D eigenvalue weighted by atomic mass is 10.1. The highest BCUT2D eigenvalue weighted by atomic mass is 127. The number of aromatic nitrogens is 2. The van der Waals surface area contributed by atoms with E-state index in [0.717, 1.165) is 49.8 Å². The molecule has 2 aromatic rings. The summed E-state index contributed by atoms with van der Waals surface area (Å²) in [4.78, 5) is 4.75. The van der Waals surface area contributed by atoms with Crippen LogP contribution in [0.2, 0.25) is 0 Å². The van der Waals surface area contributed by atoms with Gasteiger partial charge in [0.2, 0.25) is 0 Å². The second kappa shape index (κ2) is 13.5. The Morgan fingerprint density at radius 1 is 1.18 bits per heavy atom. The minimum Gasteiger partial charge on any atom is -0.383 e. The van der Waals surface area contributed by atoms with Crippen molar-refractivity contribution in [3.05, 3.63) is 52.8 Å². The molecule has 0 spiro atoms. The summed E-state index contributed by atoms with van der Waals surface area (Å²) in [5.41, 5.74) is 4.75. The quantitative estimate of drug-likeness (QED) is 0.228. The van der Waals surface area contributed by atoms with Gasteiger partial charge in [0.15, 0.2) is 5.96 Å². The van der Waals surface area contributed by atoms with Crippen LogP contribution in [0.15, 0.2) is 35.3 Å². The van der Waals surface area contributed by atoms with Crippen LogP contribution in [0.3, 0.4) is 0 Å². The normalized spacial score (nSPS) is 11.2. The first kappa shape index (κ1) is 24.4. The van der Waals surface area contributed by atoms with E-state index < -0.39 is 0 Å². The summed E-state index contributed by atoms with van der Waals surface area (Å²) in [6, 6.07) is 10.6. The molecule has 0 saturated heterocycles. The standard InChI is InChI=1S/C21H33N5O.HI/c1-5-22-21(23-13-9-12-19-10-7-6-8-11-19)24-16-20-17(2)25-26(18(20)3)14-15-27-4;/h6-8,10-11H,5,9,12-16H2,1-4H3,(H2,22,23,24);1H. The third-order valence-electron chi connectivity index (χ3n) is 4.56. The van der Waals surface area contributed by atoms with Crippen LogP contribution in [-0.4, -0.2) is 42.5 Å². The molecule has 0 fully saturated rings. The zero-order chi connectivity index (χ0) is 19.5. The van der Waals surface area contributed by atoms with Crippen molar-refractivity contribution in [1.82, 2.24) is 20.4 Å². The highest BCUT2D eigenvalue weighted by Gasteiger charge is 2.11. The maximum Gasteiger partial charge on any atom is 0.191 e. The molecule has 0 aliphatic carbocycles. The Morgan fingerprint density at radius 2 is 1.93 bits per heavy atom. The third kappa shape index (κ3) is 7.79. The SMILES string of the molecule is CCNC(=NCc1c(C)nn(CCOC)c1C)NCCCc1ccccc1.I. The minimum atomic E-state index is 0. The molecule has 0 bridgehead atoms. The number of aliphatic imine (C=N–C) groups is 1. The van der Waals surface area contributed by atoms with E-state index in [1.54, 1.807) is 7.11 Å². The van der Waals surface area contributed by atoms with Gasteiger partial charge in [-0.15, -0.1) is 24.0 Å². The molecule has 0 unspecified atom stereocenters. The van der Waals surface area contributed by atoms with Crippen LogP contribution >= 0.6 is 24.0 Å². The molecule has 0 aliphatic rings. The smallest absolute Gasteiger partial charge is 0.191 e. The number of rotatable bonds is 10. The Labute approximate surface area is 186 Å². The number of hydrogen-bond acceptors (Lipinski definition) is 3. The van der Waals surface area contributed by atoms with E-state index in [4.69, 9.17) is 9.73 Å². The summed E-state index contributed by atoms with van der Waals surface area (Å²) >= 11 is 0. The van der Waals surface area contributed by atoms with Crippen LogP contribution in [0.5, 0.6) is 0 Å². The summed E-state index contributed by atoms with van der Waals surface area (Å²) in [5, 5.41) is 11.4. The van der Waals surface area contributed by atoms with Crippen molar-refractivity contribution >= 4 is 29.9 Å². The number of ether oxygens (including phenoxy) is 1. The number of aryl methyl sites for hydroxylation is 2. The zero-order valence-corrected chi connectivity index (χ0v) is 19.8. The molecule has 156 valence electrons. The molecule has 2 rings (SSSR count). The average Bonchev–Trinajstić information content (AvgIpc) is 2.95. The maximum absolute atomic E-state index is 5.16. The first-order valence-corrected chi connectivity index (χ1v) is 9.73. The van der Waals surface area contributed by atoms with Crippen molar-refractivity contribution in [1.29, 1.82) is 0 Å². The predicted octanol–water partition coefficient (Wildman–Crippen LogP) is 3.45. The van der Waals surface area contributed by atoms with Crippen LogP contribution < -0.4 is 10.6 Å². The van der Waals surface area contributed by atoms with Gasteiger partial charge in [-0.1, -0.05) is 30.3 Å². The lowest BCUT2D eigenvalue weighted by Gasteiger charge is -2.11. The fourth-order valence-electron chi connectivity index (χ4n) is 3.00. The maximum atomic E-state index is 5.16. The van der Waals surface area contributed by atoms with Crippen molar-refractivity contribution in [3.8, 4) is 0 Å². The molecule has 0 aliphatic heterocycles. The van der Waals surface area contributed by atoms with Crippen molar-refractivity contribution in [3.63, 3.8) is 0 Å². The van der Waals surface area contributed by atoms with Crippen molar-refractivity contribution < 1.29 is 4.74 Å². The Balaban J connectivity index is 0.00000392. The van der Waals surface area contributed by atoms with E-state index in [2.05, 4.69) is 59.9 Å². The number of halogens is 1. The molecule has 0 radical (unpaired) electrons. The highest BCUT2D eigenvalue weighted by Crippen LogP contribution is 2.14. The molecule has 0 amide bonds. The summed E-state index contributed by atoms with van der Waals surface area (Å²) in [6.45, 7) is 10.0. The Hall–Kier alpha value is -1.61. The second-order valence-electron chi connectivity index (χ2n) is 6.58. The van der Waals surface area contributed by atoms with Gasteiger partial charge in [0.05, 0.1) is 25.4 Å². The largest absolute Gasteiger partial charge is 0.383 e. The first-order chi connectivity index (χ1) is 13.2. The van der Waals surface area contributed by atoms with Gasteiger partial charge >= 0.3 is 0 Å². The van der Waals surface area contributed by atoms with Gasteiger partial charge in [0.1, 0.15) is 0 Å². The first-order valence-electron chi connectivity index (χ1n) is 9.73. The Kier molecular flexibility index (Phi) is 11.8. The molecule has 6 nitrogen and oxygen atoms in total. The summed E-state index contributed by atoms with van der Waals surface area (Å²) in [6.07, 6.45) is 2.14. The molecule has 7 heteroatoms. The second-order valence-corrected chi connectivity index (χ2v) is 6.58. The van der Waals surface area contributed by atoms with E-state index in [-0.39, 0.29) is 24.0 Å². The number of guanidine groups is 1. The van der Waals surface area contributed by atoms with Gasteiger partial charge in [0.25, 0.3) is 0 Å². The van der Waals surface area contributed by atoms with Gasteiger partial charge in [-0.2, -0.15) is 5.10 Å². The molecule has 2 N–H and O–H groups in total. The number of nitrogens with zero attached hydrogens (tertiary/aromatic N) is 3. The van der Waals surface area contributed by atoms with E-state index in [1.807, 2.05) is 11.6 Å². The van der Waals surface area contributed by atoms with Gasteiger partial charge in [-0.25, -0.2) is 4.99 Å². The van der Waals surface area contributed by atoms with Crippen LogP contribution in [0.25, 0.3) is 0 Å². The number of methoxy groups -OCH3 is 1. The number of hydrogen-bond donors (Lipinski definition) is 2. The third-order valence-corrected chi connectivity index (χ3v) is 4.56. The van der Waals surface area contributed by atoms with Gasteiger partial charge in [-0.3, -0.25) is 4.68 Å². The predicted molar refractivity (Wildman–Crippen MR) is 127 cm³/mol. The Bertz CT molecular complexity index is 715. The zero-order valence-electron chi connectivity index (χ0n) is 17.5. The van der Waals surface area contributed by atoms with Crippen molar-refractivity contribution in [2.24, 2.45) is 4.99 Å². The van der Waals surface area contributed by atoms with Crippen LogP contribution in [0.4, 0.5) is 0 Å². The minimum absolute atomic E-state index is 0. The van der Waals surface area contributed by atoms with Gasteiger partial charge in [0, 0.05) is 31.5 Å². The summed E-state index contributed by atoms with van der Waals surface area (Å²) < 4.78 is 7.16. The fraction of sp³-hybridized carbons (Fsp3) is 0.524. The fourth-order valence-corrected chi connectivity index (χ4v) is 3.00. The van der Waals surface area contributed by atoms with E-state index in [0.29, 0.717) is 13.2 Å². The summed E-state index contributed by atoms with van der Waals surface area (Å²) in [5.74, 6) is 0.856. The molecule has 1 aromatic carbocycles. The lowest BCUT2D eigenvalue weighted by molar-refractivity contribution is 0.182. The van der Waals surface area contributed by atoms with E-state index >= 15 is 0 Å². The molecule has 1 heterocycles. The van der Waals surface area contributed by atoms with Crippen molar-refractivity contribution in [2.45, 2.75) is 46.7 Å². The van der Waals surface area contributed by atoms with E-state index in [1.165, 1.54) is 11.1 Å². The molecule has 28 heavy (non-hydrogen) atoms. The molecular weight excluding hydrogens is 465 g/mol. The summed E-state index contributed by atoms with van der Waals surface area (Å²) in [7, 11) is 1.71. The number of benzene rings is 1. The highest BCUT2D eigenvalue weighted by molar-refractivity contribution is 14.0. The topological polar surface area (TPSA) is 63.5 Å². The van der Waals surface area contributed by atoms with Crippen LogP contribution in [0, 0.1) is 13.8 Å². The monoisotopic (exact) mass is 499 g/mol. The lowest BCUT2D eigenvalue weighted by Crippen LogP contribution is -2.37. The molecule has 1 aromatic heterocycles. The van der Waals surface area contributed by atoms with Gasteiger partial charge in [-0.05, 0) is 39.2 Å². The molecule has 0 atom stereocenters. The van der Waals surface area contributed by atoms with Gasteiger partial charge < -0.3 is 15.4 Å².